The number of sulfonamides is 1. The summed E-state index contributed by atoms with van der Waals surface area (Å²) in [7, 11) is -3.88. The minimum atomic E-state index is -3.88. The molecule has 0 aromatic heterocycles. The molecule has 0 aliphatic carbocycles. The fraction of sp³-hybridized carbons (Fsp3) is 0.333. The Balaban J connectivity index is 2.04. The summed E-state index contributed by atoms with van der Waals surface area (Å²) >= 11 is 0. The monoisotopic (exact) mass is 418 g/mol. The number of rotatable bonds is 9. The summed E-state index contributed by atoms with van der Waals surface area (Å²) in [6, 6.07) is 12.4. The number of benzene rings is 2. The summed E-state index contributed by atoms with van der Waals surface area (Å²) in [4.78, 5) is 24.0. The molecule has 0 bridgehead atoms. The Morgan fingerprint density at radius 2 is 1.83 bits per heavy atom. The standard InChI is InChI=1S/C21H26N2O5S/c1-4-7-16(3)22-20(24)14-28-21(25)17-9-6-11-19(13-17)29(26,27)23-18-10-5-8-15(2)12-18/h5-6,8-13,16,23H,4,7,14H2,1-3H3,(H,22,24). The summed E-state index contributed by atoms with van der Waals surface area (Å²) < 4.78 is 32.7. The number of anilines is 1. The molecule has 0 radical (unpaired) electrons. The Morgan fingerprint density at radius 3 is 2.52 bits per heavy atom. The molecular formula is C21H26N2O5S. The maximum Gasteiger partial charge on any atom is 0.338 e. The minimum absolute atomic E-state index is 0.00706. The van der Waals surface area contributed by atoms with Crippen LogP contribution in [0, 0.1) is 6.92 Å². The van der Waals surface area contributed by atoms with E-state index in [4.69, 9.17) is 4.74 Å². The number of aryl methyl sites for hydroxylation is 1. The normalized spacial score (nSPS) is 12.1. The number of hydrogen-bond donors (Lipinski definition) is 2. The van der Waals surface area contributed by atoms with Crippen molar-refractivity contribution in [3.8, 4) is 0 Å². The number of nitrogens with one attached hydrogen (secondary N) is 2. The van der Waals surface area contributed by atoms with Gasteiger partial charge in [-0.15, -0.1) is 0 Å². The SMILES string of the molecule is CCCC(C)NC(=O)COC(=O)c1cccc(S(=O)(=O)Nc2cccc(C)c2)c1. The third-order valence-electron chi connectivity index (χ3n) is 4.11. The van der Waals surface area contributed by atoms with Crippen LogP contribution in [0.15, 0.2) is 53.4 Å². The largest absolute Gasteiger partial charge is 0.452 e. The van der Waals surface area contributed by atoms with Crippen molar-refractivity contribution < 1.29 is 22.7 Å². The van der Waals surface area contributed by atoms with Gasteiger partial charge in [-0.05, 0) is 56.2 Å². The van der Waals surface area contributed by atoms with Crippen molar-refractivity contribution in [3.05, 3.63) is 59.7 Å². The molecule has 0 fully saturated rings. The van der Waals surface area contributed by atoms with Crippen LogP contribution in [-0.4, -0.2) is 32.9 Å². The van der Waals surface area contributed by atoms with Gasteiger partial charge >= 0.3 is 5.97 Å². The van der Waals surface area contributed by atoms with Crippen LogP contribution in [0.1, 0.15) is 42.6 Å². The highest BCUT2D eigenvalue weighted by atomic mass is 32.2. The molecule has 0 aliphatic heterocycles. The lowest BCUT2D eigenvalue weighted by Gasteiger charge is -2.13. The number of carbonyl (C=O) groups excluding carboxylic acids is 2. The molecule has 7 nitrogen and oxygen atoms in total. The summed E-state index contributed by atoms with van der Waals surface area (Å²) in [6.45, 7) is 5.31. The number of carbonyl (C=O) groups is 2. The van der Waals surface area contributed by atoms with Gasteiger partial charge < -0.3 is 10.1 Å². The third-order valence-corrected chi connectivity index (χ3v) is 5.49. The maximum absolute atomic E-state index is 12.6. The van der Waals surface area contributed by atoms with Crippen LogP contribution in [0.3, 0.4) is 0 Å². The highest BCUT2D eigenvalue weighted by Gasteiger charge is 2.18. The highest BCUT2D eigenvalue weighted by molar-refractivity contribution is 7.92. The Morgan fingerprint density at radius 1 is 1.10 bits per heavy atom. The van der Waals surface area contributed by atoms with Gasteiger partial charge in [0.2, 0.25) is 0 Å². The molecule has 1 unspecified atom stereocenters. The Bertz CT molecular complexity index is 973. The van der Waals surface area contributed by atoms with Gasteiger partial charge in [0.1, 0.15) is 0 Å². The zero-order valence-electron chi connectivity index (χ0n) is 16.8. The summed E-state index contributed by atoms with van der Waals surface area (Å²) in [5, 5.41) is 2.73. The van der Waals surface area contributed by atoms with E-state index in [1.807, 2.05) is 26.8 Å². The zero-order valence-corrected chi connectivity index (χ0v) is 17.6. The van der Waals surface area contributed by atoms with Gasteiger partial charge in [-0.3, -0.25) is 9.52 Å². The van der Waals surface area contributed by atoms with E-state index < -0.39 is 28.5 Å². The van der Waals surface area contributed by atoms with E-state index in [0.717, 1.165) is 18.4 Å². The van der Waals surface area contributed by atoms with Crippen molar-refractivity contribution in [2.24, 2.45) is 0 Å². The van der Waals surface area contributed by atoms with Crippen LogP contribution >= 0.6 is 0 Å². The quantitative estimate of drug-likeness (QED) is 0.609. The van der Waals surface area contributed by atoms with Crippen LogP contribution in [0.5, 0.6) is 0 Å². The Hall–Kier alpha value is -2.87. The molecule has 2 rings (SSSR count). The first-order valence-corrected chi connectivity index (χ1v) is 10.9. The lowest BCUT2D eigenvalue weighted by molar-refractivity contribution is -0.124. The summed E-state index contributed by atoms with van der Waals surface area (Å²) in [5.74, 6) is -1.17. The fourth-order valence-corrected chi connectivity index (χ4v) is 3.84. The first-order valence-electron chi connectivity index (χ1n) is 9.37. The van der Waals surface area contributed by atoms with E-state index in [1.54, 1.807) is 18.2 Å². The molecule has 2 aromatic rings. The number of hydrogen-bond acceptors (Lipinski definition) is 5. The summed E-state index contributed by atoms with van der Waals surface area (Å²) in [6.07, 6.45) is 1.76. The predicted octanol–water partition coefficient (Wildman–Crippen LogP) is 3.26. The molecule has 1 amide bonds. The van der Waals surface area contributed by atoms with Crippen LogP contribution in [0.25, 0.3) is 0 Å². The van der Waals surface area contributed by atoms with Gasteiger partial charge in [-0.2, -0.15) is 0 Å². The minimum Gasteiger partial charge on any atom is -0.452 e. The molecule has 2 N–H and O–H groups in total. The molecule has 29 heavy (non-hydrogen) atoms. The topological polar surface area (TPSA) is 102 Å². The third kappa shape index (κ3) is 6.90. The molecule has 1 atom stereocenters. The molecule has 2 aromatic carbocycles. The lowest BCUT2D eigenvalue weighted by Crippen LogP contribution is -2.35. The molecule has 0 heterocycles. The van der Waals surface area contributed by atoms with E-state index in [-0.39, 0.29) is 16.5 Å². The van der Waals surface area contributed by atoms with E-state index >= 15 is 0 Å². The number of esters is 1. The van der Waals surface area contributed by atoms with Crippen LogP contribution in [-0.2, 0) is 19.6 Å². The van der Waals surface area contributed by atoms with Gasteiger partial charge in [0.05, 0.1) is 10.5 Å². The predicted molar refractivity (Wildman–Crippen MR) is 111 cm³/mol. The zero-order chi connectivity index (χ0) is 21.4. The first kappa shape index (κ1) is 22.4. The Kier molecular flexibility index (Phi) is 7.78. The van der Waals surface area contributed by atoms with E-state index in [2.05, 4.69) is 10.0 Å². The van der Waals surface area contributed by atoms with E-state index in [0.29, 0.717) is 5.69 Å². The van der Waals surface area contributed by atoms with Crippen molar-refractivity contribution >= 4 is 27.6 Å². The van der Waals surface area contributed by atoms with Crippen LogP contribution < -0.4 is 10.0 Å². The number of amides is 1. The van der Waals surface area contributed by atoms with Gasteiger partial charge in [-0.25, -0.2) is 13.2 Å². The fourth-order valence-electron chi connectivity index (χ4n) is 2.75. The van der Waals surface area contributed by atoms with Gasteiger partial charge in [0, 0.05) is 11.7 Å². The van der Waals surface area contributed by atoms with Gasteiger partial charge in [-0.1, -0.05) is 31.5 Å². The lowest BCUT2D eigenvalue weighted by atomic mass is 10.2. The van der Waals surface area contributed by atoms with Crippen molar-refractivity contribution in [2.45, 2.75) is 44.6 Å². The van der Waals surface area contributed by atoms with E-state index in [9.17, 15) is 18.0 Å². The molecule has 0 spiro atoms. The molecule has 8 heteroatoms. The van der Waals surface area contributed by atoms with Crippen LogP contribution in [0.2, 0.25) is 0 Å². The second kappa shape index (κ2) is 10.1. The molecule has 0 aliphatic rings. The summed E-state index contributed by atoms with van der Waals surface area (Å²) in [5.41, 5.74) is 1.39. The van der Waals surface area contributed by atoms with Crippen molar-refractivity contribution in [2.75, 3.05) is 11.3 Å². The first-order chi connectivity index (χ1) is 13.7. The van der Waals surface area contributed by atoms with Gasteiger partial charge in [0.15, 0.2) is 6.61 Å². The maximum atomic E-state index is 12.6. The molecular weight excluding hydrogens is 392 g/mol. The second-order valence-corrected chi connectivity index (χ2v) is 8.52. The van der Waals surface area contributed by atoms with Crippen LogP contribution in [0.4, 0.5) is 5.69 Å². The van der Waals surface area contributed by atoms with Crippen molar-refractivity contribution in [1.29, 1.82) is 0 Å². The Labute approximate surface area is 171 Å². The van der Waals surface area contributed by atoms with Crippen molar-refractivity contribution in [1.82, 2.24) is 5.32 Å². The average Bonchev–Trinajstić information content (AvgIpc) is 2.66. The average molecular weight is 419 g/mol. The molecule has 0 saturated heterocycles. The van der Waals surface area contributed by atoms with Crippen molar-refractivity contribution in [3.63, 3.8) is 0 Å². The smallest absolute Gasteiger partial charge is 0.338 e. The number of ether oxygens (including phenoxy) is 1. The molecule has 0 saturated carbocycles. The highest BCUT2D eigenvalue weighted by Crippen LogP contribution is 2.18. The molecule has 156 valence electrons. The van der Waals surface area contributed by atoms with Gasteiger partial charge in [0.25, 0.3) is 15.9 Å². The second-order valence-electron chi connectivity index (χ2n) is 6.84. The van der Waals surface area contributed by atoms with E-state index in [1.165, 1.54) is 24.3 Å².